The molecule has 0 spiro atoms. The Labute approximate surface area is 195 Å². The van der Waals surface area contributed by atoms with Crippen LogP contribution in [0, 0.1) is 5.92 Å². The van der Waals surface area contributed by atoms with Gasteiger partial charge in [-0.3, -0.25) is 9.59 Å². The average Bonchev–Trinajstić information content (AvgIpc) is 2.72. The molecule has 0 aromatic heterocycles. The highest BCUT2D eigenvalue weighted by molar-refractivity contribution is 5.77. The van der Waals surface area contributed by atoms with E-state index in [9.17, 15) is 22.8 Å². The zero-order chi connectivity index (χ0) is 25.2. The summed E-state index contributed by atoms with van der Waals surface area (Å²) in [6, 6.07) is 3.13. The van der Waals surface area contributed by atoms with Gasteiger partial charge in [0.2, 0.25) is 11.8 Å². The Kier molecular flexibility index (Phi) is 11.4. The van der Waals surface area contributed by atoms with Crippen LogP contribution in [0.4, 0.5) is 18.9 Å². The number of amides is 2. The Bertz CT molecular complexity index is 788. The molecule has 1 aromatic rings. The molecular formula is C24H37F3N4O2. The fourth-order valence-electron chi connectivity index (χ4n) is 3.69. The first-order valence-electron chi connectivity index (χ1n) is 11.2. The van der Waals surface area contributed by atoms with Gasteiger partial charge in [0.25, 0.3) is 0 Å². The first-order chi connectivity index (χ1) is 15.4. The van der Waals surface area contributed by atoms with Crippen LogP contribution < -0.4 is 16.0 Å². The van der Waals surface area contributed by atoms with E-state index in [-0.39, 0.29) is 30.7 Å². The summed E-state index contributed by atoms with van der Waals surface area (Å²) in [6.07, 6.45) is -2.12. The van der Waals surface area contributed by atoms with Crippen molar-refractivity contribution < 1.29 is 22.8 Å². The number of piperazine rings is 1. The van der Waals surface area contributed by atoms with Crippen LogP contribution in [-0.4, -0.2) is 49.4 Å². The molecule has 186 valence electrons. The molecule has 2 amide bonds. The third-order valence-corrected chi connectivity index (χ3v) is 5.21. The van der Waals surface area contributed by atoms with Crippen molar-refractivity contribution in [1.29, 1.82) is 0 Å². The summed E-state index contributed by atoms with van der Waals surface area (Å²) >= 11 is 0. The van der Waals surface area contributed by atoms with Gasteiger partial charge in [0.1, 0.15) is 0 Å². The maximum Gasteiger partial charge on any atom is 0.416 e. The van der Waals surface area contributed by atoms with Gasteiger partial charge in [-0.15, -0.1) is 6.58 Å². The molecule has 9 heteroatoms. The van der Waals surface area contributed by atoms with Crippen molar-refractivity contribution in [2.24, 2.45) is 11.7 Å². The molecule has 0 saturated carbocycles. The number of anilines is 1. The standard InChI is InChI=1S/C21H31F3N4O2.C3H6/c1-14(2)12-18(26-20(30)6-7-25)17-13-16(21(22,23)24)4-5-19(17)28-10-8-27(9-11-28)15(3)29;1-3-2/h4-5,13-14,18H,6-12,25H2,1-3H3,(H,26,30);3H,1H2,2H3. The predicted octanol–water partition coefficient (Wildman–Crippen LogP) is 4.12. The van der Waals surface area contributed by atoms with E-state index < -0.39 is 17.8 Å². The van der Waals surface area contributed by atoms with Gasteiger partial charge in [-0.25, -0.2) is 0 Å². The van der Waals surface area contributed by atoms with Crippen LogP contribution in [0.3, 0.4) is 0 Å². The third-order valence-electron chi connectivity index (χ3n) is 5.21. The average molecular weight is 471 g/mol. The van der Waals surface area contributed by atoms with Crippen LogP contribution in [0.5, 0.6) is 0 Å². The van der Waals surface area contributed by atoms with Gasteiger partial charge in [0.05, 0.1) is 11.6 Å². The highest BCUT2D eigenvalue weighted by atomic mass is 19.4. The lowest BCUT2D eigenvalue weighted by Gasteiger charge is -2.38. The number of carbonyl (C=O) groups excluding carboxylic acids is 2. The molecule has 2 rings (SSSR count). The first-order valence-corrected chi connectivity index (χ1v) is 11.2. The number of rotatable bonds is 7. The number of alkyl halides is 3. The van der Waals surface area contributed by atoms with Crippen LogP contribution in [0.25, 0.3) is 0 Å². The topological polar surface area (TPSA) is 78.7 Å². The third kappa shape index (κ3) is 9.07. The van der Waals surface area contributed by atoms with Gasteiger partial charge in [-0.1, -0.05) is 19.9 Å². The van der Waals surface area contributed by atoms with E-state index in [1.807, 2.05) is 25.7 Å². The van der Waals surface area contributed by atoms with Crippen LogP contribution in [-0.2, 0) is 15.8 Å². The minimum absolute atomic E-state index is 0.0194. The lowest BCUT2D eigenvalue weighted by molar-refractivity contribution is -0.137. The Morgan fingerprint density at radius 2 is 1.79 bits per heavy atom. The minimum atomic E-state index is -4.48. The first kappa shape index (κ1) is 28.5. The number of nitrogens with two attached hydrogens (primary N) is 1. The summed E-state index contributed by atoms with van der Waals surface area (Å²) in [5, 5.41) is 2.87. The van der Waals surface area contributed by atoms with Crippen molar-refractivity contribution in [3.05, 3.63) is 42.0 Å². The second kappa shape index (κ2) is 13.2. The largest absolute Gasteiger partial charge is 0.416 e. The summed E-state index contributed by atoms with van der Waals surface area (Å²) in [6.45, 7) is 12.9. The summed E-state index contributed by atoms with van der Waals surface area (Å²) < 4.78 is 40.3. The highest BCUT2D eigenvalue weighted by Gasteiger charge is 2.33. The number of benzene rings is 1. The Morgan fingerprint density at radius 3 is 2.24 bits per heavy atom. The van der Waals surface area contributed by atoms with Gasteiger partial charge in [-0.2, -0.15) is 13.2 Å². The maximum absolute atomic E-state index is 13.4. The van der Waals surface area contributed by atoms with Crippen molar-refractivity contribution in [2.45, 2.75) is 52.8 Å². The maximum atomic E-state index is 13.4. The fourth-order valence-corrected chi connectivity index (χ4v) is 3.69. The number of halogens is 3. The SMILES string of the molecule is C=CC.CC(=O)N1CCN(c2ccc(C(F)(F)F)cc2C(CC(C)C)NC(=O)CCN)CC1. The molecule has 6 nitrogen and oxygen atoms in total. The van der Waals surface area contributed by atoms with Crippen molar-refractivity contribution in [3.8, 4) is 0 Å². The zero-order valence-electron chi connectivity index (χ0n) is 20.0. The van der Waals surface area contributed by atoms with E-state index in [0.29, 0.717) is 43.9 Å². The predicted molar refractivity (Wildman–Crippen MR) is 126 cm³/mol. The smallest absolute Gasteiger partial charge is 0.368 e. The Morgan fingerprint density at radius 1 is 1.21 bits per heavy atom. The minimum Gasteiger partial charge on any atom is -0.368 e. The zero-order valence-corrected chi connectivity index (χ0v) is 20.0. The second-order valence-corrected chi connectivity index (χ2v) is 8.46. The normalized spacial score (nSPS) is 14.9. The molecule has 33 heavy (non-hydrogen) atoms. The van der Waals surface area contributed by atoms with E-state index >= 15 is 0 Å². The molecule has 0 radical (unpaired) electrons. The summed E-state index contributed by atoms with van der Waals surface area (Å²) in [4.78, 5) is 27.5. The molecule has 0 bridgehead atoms. The van der Waals surface area contributed by atoms with Gasteiger partial charge < -0.3 is 20.9 Å². The summed E-state index contributed by atoms with van der Waals surface area (Å²) in [7, 11) is 0. The number of hydrogen-bond acceptors (Lipinski definition) is 4. The number of allylic oxidation sites excluding steroid dienone is 1. The lowest BCUT2D eigenvalue weighted by Crippen LogP contribution is -2.48. The fraction of sp³-hybridized carbons (Fsp3) is 0.583. The molecule has 1 heterocycles. The van der Waals surface area contributed by atoms with Crippen molar-refractivity contribution >= 4 is 17.5 Å². The van der Waals surface area contributed by atoms with E-state index in [1.54, 1.807) is 11.0 Å². The van der Waals surface area contributed by atoms with Gasteiger partial charge >= 0.3 is 6.18 Å². The summed E-state index contributed by atoms with van der Waals surface area (Å²) in [5.74, 6) is -0.146. The van der Waals surface area contributed by atoms with Gasteiger partial charge in [-0.05, 0) is 43.0 Å². The van der Waals surface area contributed by atoms with Gasteiger partial charge in [0, 0.05) is 51.8 Å². The number of nitrogens with zero attached hydrogens (tertiary/aromatic N) is 2. The Balaban J connectivity index is 0.00000172. The quantitative estimate of drug-likeness (QED) is 0.588. The monoisotopic (exact) mass is 470 g/mol. The number of hydrogen-bond donors (Lipinski definition) is 2. The van der Waals surface area contributed by atoms with Crippen LogP contribution >= 0.6 is 0 Å². The molecule has 1 aliphatic rings. The van der Waals surface area contributed by atoms with Crippen molar-refractivity contribution in [2.75, 3.05) is 37.6 Å². The van der Waals surface area contributed by atoms with E-state index in [2.05, 4.69) is 11.9 Å². The molecular weight excluding hydrogens is 433 g/mol. The molecule has 1 atom stereocenters. The van der Waals surface area contributed by atoms with Gasteiger partial charge in [0.15, 0.2) is 0 Å². The molecule has 3 N–H and O–H groups in total. The van der Waals surface area contributed by atoms with Crippen LogP contribution in [0.2, 0.25) is 0 Å². The summed E-state index contributed by atoms with van der Waals surface area (Å²) in [5.41, 5.74) is 5.82. The molecule has 1 fully saturated rings. The van der Waals surface area contributed by atoms with E-state index in [4.69, 9.17) is 5.73 Å². The highest BCUT2D eigenvalue weighted by Crippen LogP contribution is 2.37. The molecule has 1 aromatic carbocycles. The van der Waals surface area contributed by atoms with E-state index in [1.165, 1.54) is 13.0 Å². The van der Waals surface area contributed by atoms with Crippen molar-refractivity contribution in [3.63, 3.8) is 0 Å². The van der Waals surface area contributed by atoms with Crippen molar-refractivity contribution in [1.82, 2.24) is 10.2 Å². The number of carbonyl (C=O) groups is 2. The second-order valence-electron chi connectivity index (χ2n) is 8.46. The molecule has 1 unspecified atom stereocenters. The van der Waals surface area contributed by atoms with E-state index in [0.717, 1.165) is 12.1 Å². The number of nitrogens with one attached hydrogen (secondary N) is 1. The van der Waals surface area contributed by atoms with Crippen LogP contribution in [0.1, 0.15) is 57.7 Å². The molecule has 0 aliphatic carbocycles. The molecule has 1 saturated heterocycles. The lowest BCUT2D eigenvalue weighted by atomic mass is 9.93. The Hall–Kier alpha value is -2.55. The van der Waals surface area contributed by atoms with Crippen LogP contribution in [0.15, 0.2) is 30.9 Å². The molecule has 1 aliphatic heterocycles.